The topological polar surface area (TPSA) is 17.4 Å². The minimum atomic E-state index is -0.228. The lowest BCUT2D eigenvalue weighted by Crippen LogP contribution is -2.19. The van der Waals surface area contributed by atoms with E-state index in [1.54, 1.807) is 12.1 Å². The van der Waals surface area contributed by atoms with Gasteiger partial charge < -0.3 is 9.30 Å². The first kappa shape index (κ1) is 19.0. The second kappa shape index (κ2) is 8.36. The number of aryl methyl sites for hydroxylation is 1. The molecule has 1 aromatic heterocycles. The van der Waals surface area contributed by atoms with Crippen LogP contribution in [-0.2, 0) is 26.1 Å². The summed E-state index contributed by atoms with van der Waals surface area (Å²) in [6.45, 7) is 8.70. The molecule has 0 amide bonds. The summed E-state index contributed by atoms with van der Waals surface area (Å²) < 4.78 is 22.3. The molecule has 28 heavy (non-hydrogen) atoms. The third-order valence-corrected chi connectivity index (χ3v) is 5.69. The Hall–Kier alpha value is -2.33. The van der Waals surface area contributed by atoms with Crippen LogP contribution >= 0.6 is 0 Å². The van der Waals surface area contributed by atoms with Crippen molar-refractivity contribution in [2.45, 2.75) is 52.7 Å². The van der Waals surface area contributed by atoms with Gasteiger partial charge in [-0.25, -0.2) is 4.39 Å². The van der Waals surface area contributed by atoms with Gasteiger partial charge in [0.2, 0.25) is 0 Å². The van der Waals surface area contributed by atoms with Crippen LogP contribution in [0.15, 0.2) is 42.6 Å². The van der Waals surface area contributed by atoms with Gasteiger partial charge in [-0.2, -0.15) is 0 Å². The van der Waals surface area contributed by atoms with Crippen molar-refractivity contribution in [3.8, 4) is 5.75 Å². The fourth-order valence-corrected chi connectivity index (χ4v) is 4.17. The Morgan fingerprint density at radius 2 is 1.82 bits per heavy atom. The fraction of sp³-hybridized carbons (Fsp3) is 0.417. The van der Waals surface area contributed by atoms with E-state index in [4.69, 9.17) is 4.74 Å². The predicted molar refractivity (Wildman–Crippen MR) is 112 cm³/mol. The van der Waals surface area contributed by atoms with E-state index in [1.165, 1.54) is 16.7 Å². The van der Waals surface area contributed by atoms with Crippen LogP contribution in [0.5, 0.6) is 5.75 Å². The Labute approximate surface area is 166 Å². The molecule has 4 heteroatoms. The van der Waals surface area contributed by atoms with Crippen molar-refractivity contribution in [1.29, 1.82) is 0 Å². The third-order valence-electron chi connectivity index (χ3n) is 5.69. The van der Waals surface area contributed by atoms with Gasteiger partial charge in [0, 0.05) is 43.8 Å². The van der Waals surface area contributed by atoms with Gasteiger partial charge in [0.25, 0.3) is 0 Å². The number of rotatable bonds is 8. The highest BCUT2D eigenvalue weighted by Gasteiger charge is 2.20. The van der Waals surface area contributed by atoms with Crippen LogP contribution in [-0.4, -0.2) is 22.6 Å². The Bertz CT molecular complexity index is 938. The van der Waals surface area contributed by atoms with E-state index in [9.17, 15) is 4.39 Å². The summed E-state index contributed by atoms with van der Waals surface area (Å²) in [7, 11) is 0. The van der Waals surface area contributed by atoms with E-state index in [0.29, 0.717) is 12.4 Å². The lowest BCUT2D eigenvalue weighted by molar-refractivity contribution is 0.288. The Balaban J connectivity index is 1.57. The number of ether oxygens (including phenoxy) is 1. The van der Waals surface area contributed by atoms with Gasteiger partial charge in [-0.1, -0.05) is 37.6 Å². The number of fused-ring (bicyclic) bond motifs is 2. The zero-order valence-corrected chi connectivity index (χ0v) is 16.9. The molecule has 3 nitrogen and oxygen atoms in total. The average molecular weight is 381 g/mol. The molecule has 0 fully saturated rings. The van der Waals surface area contributed by atoms with Crippen molar-refractivity contribution in [1.82, 2.24) is 9.47 Å². The largest absolute Gasteiger partial charge is 0.493 e. The molecule has 2 heterocycles. The monoisotopic (exact) mass is 380 g/mol. The lowest BCUT2D eigenvalue weighted by Gasteiger charge is -2.15. The third kappa shape index (κ3) is 3.79. The maximum absolute atomic E-state index is 14.2. The van der Waals surface area contributed by atoms with Crippen LogP contribution in [0.3, 0.4) is 0 Å². The zero-order chi connectivity index (χ0) is 19.5. The van der Waals surface area contributed by atoms with Crippen LogP contribution in [0.25, 0.3) is 10.9 Å². The molecule has 2 aromatic carbocycles. The summed E-state index contributed by atoms with van der Waals surface area (Å²) >= 11 is 0. The van der Waals surface area contributed by atoms with Gasteiger partial charge in [-0.3, -0.25) is 4.90 Å². The fourth-order valence-electron chi connectivity index (χ4n) is 4.17. The minimum absolute atomic E-state index is 0.228. The summed E-state index contributed by atoms with van der Waals surface area (Å²) in [5.74, 6) is 0.462. The highest BCUT2D eigenvalue weighted by molar-refractivity contribution is 5.90. The van der Waals surface area contributed by atoms with E-state index in [-0.39, 0.29) is 5.82 Å². The van der Waals surface area contributed by atoms with Crippen molar-refractivity contribution in [2.75, 3.05) is 13.2 Å². The van der Waals surface area contributed by atoms with Crippen LogP contribution in [0, 0.1) is 5.82 Å². The molecule has 0 radical (unpaired) electrons. The first-order valence-electron chi connectivity index (χ1n) is 10.4. The predicted octanol–water partition coefficient (Wildman–Crippen LogP) is 5.54. The Kier molecular flexibility index (Phi) is 5.67. The number of hydrogen-bond donors (Lipinski definition) is 0. The van der Waals surface area contributed by atoms with Gasteiger partial charge in [-0.15, -0.1) is 0 Å². The van der Waals surface area contributed by atoms with E-state index < -0.39 is 0 Å². The Morgan fingerprint density at radius 3 is 2.50 bits per heavy atom. The zero-order valence-electron chi connectivity index (χ0n) is 16.9. The molecule has 1 aliphatic rings. The SMILES string of the molecule is CCCCOc1cc(F)cc2c1c(CCN1Cc3ccccc3C1)cn2CC. The summed E-state index contributed by atoms with van der Waals surface area (Å²) in [5.41, 5.74) is 5.06. The first-order chi connectivity index (χ1) is 13.7. The van der Waals surface area contributed by atoms with E-state index >= 15 is 0 Å². The molecular formula is C24H29FN2O. The number of halogens is 1. The molecular weight excluding hydrogens is 351 g/mol. The minimum Gasteiger partial charge on any atom is -0.493 e. The highest BCUT2D eigenvalue weighted by atomic mass is 19.1. The average Bonchev–Trinajstić information content (AvgIpc) is 3.27. The quantitative estimate of drug-likeness (QED) is 0.478. The maximum atomic E-state index is 14.2. The molecule has 0 aliphatic carbocycles. The van der Waals surface area contributed by atoms with E-state index in [1.807, 2.05) is 0 Å². The molecule has 4 rings (SSSR count). The van der Waals surface area contributed by atoms with Gasteiger partial charge in [0.1, 0.15) is 11.6 Å². The van der Waals surface area contributed by atoms with Crippen molar-refractivity contribution < 1.29 is 9.13 Å². The standard InChI is InChI=1S/C24H29FN2O/c1-3-5-12-28-23-14-21(25)13-22-24(23)20(17-27(22)4-2)10-11-26-15-18-8-6-7-9-19(18)16-26/h6-9,13-14,17H,3-5,10-12,15-16H2,1-2H3. The second-order valence-corrected chi connectivity index (χ2v) is 7.67. The molecule has 3 aromatic rings. The van der Waals surface area contributed by atoms with Crippen LogP contribution in [0.2, 0.25) is 0 Å². The number of nitrogens with zero attached hydrogens (tertiary/aromatic N) is 2. The van der Waals surface area contributed by atoms with Crippen LogP contribution in [0.4, 0.5) is 4.39 Å². The number of aromatic nitrogens is 1. The van der Waals surface area contributed by atoms with E-state index in [2.05, 4.69) is 53.8 Å². The van der Waals surface area contributed by atoms with Crippen molar-refractivity contribution in [2.24, 2.45) is 0 Å². The van der Waals surface area contributed by atoms with Crippen LogP contribution in [0.1, 0.15) is 43.4 Å². The van der Waals surface area contributed by atoms with Crippen molar-refractivity contribution in [3.63, 3.8) is 0 Å². The molecule has 0 saturated carbocycles. The summed E-state index contributed by atoms with van der Waals surface area (Å²) in [6, 6.07) is 11.9. The second-order valence-electron chi connectivity index (χ2n) is 7.67. The number of unbranched alkanes of at least 4 members (excludes halogenated alkanes) is 1. The van der Waals surface area contributed by atoms with Gasteiger partial charge in [-0.05, 0) is 42.5 Å². The van der Waals surface area contributed by atoms with Crippen molar-refractivity contribution >= 4 is 10.9 Å². The number of benzene rings is 2. The maximum Gasteiger partial charge on any atom is 0.131 e. The van der Waals surface area contributed by atoms with Gasteiger partial charge in [0.15, 0.2) is 0 Å². The van der Waals surface area contributed by atoms with Crippen molar-refractivity contribution in [3.05, 3.63) is 65.1 Å². The van der Waals surface area contributed by atoms with Gasteiger partial charge in [0.05, 0.1) is 12.1 Å². The first-order valence-corrected chi connectivity index (χ1v) is 10.4. The smallest absolute Gasteiger partial charge is 0.131 e. The normalized spacial score (nSPS) is 14.0. The molecule has 0 N–H and O–H groups in total. The lowest BCUT2D eigenvalue weighted by atomic mass is 10.1. The van der Waals surface area contributed by atoms with Crippen LogP contribution < -0.4 is 4.74 Å². The molecule has 1 aliphatic heterocycles. The highest BCUT2D eigenvalue weighted by Crippen LogP contribution is 2.33. The number of hydrogen-bond acceptors (Lipinski definition) is 2. The molecule has 148 valence electrons. The van der Waals surface area contributed by atoms with Gasteiger partial charge >= 0.3 is 0 Å². The molecule has 0 unspecified atom stereocenters. The molecule has 0 saturated heterocycles. The summed E-state index contributed by atoms with van der Waals surface area (Å²) in [5, 5.41) is 1.08. The van der Waals surface area contributed by atoms with E-state index in [0.717, 1.165) is 56.3 Å². The molecule has 0 bridgehead atoms. The molecule has 0 spiro atoms. The summed E-state index contributed by atoms with van der Waals surface area (Å²) in [6.07, 6.45) is 5.16. The Morgan fingerprint density at radius 1 is 1.07 bits per heavy atom. The molecule has 0 atom stereocenters. The summed E-state index contributed by atoms with van der Waals surface area (Å²) in [4.78, 5) is 2.49.